The fourth-order valence-electron chi connectivity index (χ4n) is 2.25. The molecule has 0 saturated heterocycles. The Balaban J connectivity index is 2.19. The summed E-state index contributed by atoms with van der Waals surface area (Å²) < 4.78 is 17.8. The van der Waals surface area contributed by atoms with Crippen LogP contribution in [-0.4, -0.2) is 26.4 Å². The molecule has 0 aliphatic carbocycles. The summed E-state index contributed by atoms with van der Waals surface area (Å²) in [6.45, 7) is 2.36. The summed E-state index contributed by atoms with van der Waals surface area (Å²) in [4.78, 5) is 0. The van der Waals surface area contributed by atoms with Crippen molar-refractivity contribution in [2.45, 2.75) is 11.8 Å². The van der Waals surface area contributed by atoms with Crippen LogP contribution in [0.1, 0.15) is 16.5 Å². The molecule has 2 heterocycles. The molecule has 0 spiro atoms. The van der Waals surface area contributed by atoms with Crippen LogP contribution in [0.2, 0.25) is 0 Å². The Kier molecular flexibility index (Phi) is 3.19. The van der Waals surface area contributed by atoms with Crippen LogP contribution in [0.25, 0.3) is 0 Å². The first-order valence-corrected chi connectivity index (χ1v) is 6.83. The first-order valence-electron chi connectivity index (χ1n) is 5.60. The molecule has 0 amide bonds. The molecule has 0 N–H and O–H groups in total. The van der Waals surface area contributed by atoms with Crippen LogP contribution in [0, 0.1) is 0 Å². The van der Waals surface area contributed by atoms with Gasteiger partial charge < -0.3 is 14.2 Å². The number of ether oxygens (including phenoxy) is 3. The molecule has 0 saturated carbocycles. The van der Waals surface area contributed by atoms with Crippen LogP contribution < -0.4 is 9.47 Å². The molecule has 2 aliphatic rings. The fourth-order valence-corrected chi connectivity index (χ4v) is 3.19. The second kappa shape index (κ2) is 4.67. The summed E-state index contributed by atoms with van der Waals surface area (Å²) in [6, 6.07) is 1.96. The van der Waals surface area contributed by atoms with Crippen molar-refractivity contribution in [2.24, 2.45) is 0 Å². The number of rotatable bonds is 0. The molecule has 3 nitrogen and oxygen atoms in total. The van der Waals surface area contributed by atoms with E-state index in [4.69, 9.17) is 25.8 Å². The lowest BCUT2D eigenvalue weighted by Gasteiger charge is -2.24. The van der Waals surface area contributed by atoms with Crippen molar-refractivity contribution in [2.75, 3.05) is 26.4 Å². The smallest absolute Gasteiger partial charge is 0.166 e. The molecule has 2 aliphatic heterocycles. The maximum absolute atomic E-state index is 6.38. The molecule has 0 aromatic heterocycles. The Labute approximate surface area is 113 Å². The van der Waals surface area contributed by atoms with Crippen molar-refractivity contribution < 1.29 is 14.2 Å². The quantitative estimate of drug-likeness (QED) is 0.688. The number of hydrogen-bond donors (Lipinski definition) is 0. The monoisotopic (exact) mass is 318 g/mol. The zero-order chi connectivity index (χ0) is 11.8. The van der Waals surface area contributed by atoms with Crippen LogP contribution in [0.5, 0.6) is 11.5 Å². The minimum atomic E-state index is -0.180. The van der Waals surface area contributed by atoms with E-state index in [2.05, 4.69) is 15.9 Å². The van der Waals surface area contributed by atoms with E-state index in [1.165, 1.54) is 5.56 Å². The highest BCUT2D eigenvalue weighted by Gasteiger charge is 2.28. The summed E-state index contributed by atoms with van der Waals surface area (Å²) in [6.07, 6.45) is 0.843. The SMILES string of the molecule is ClC1COCCc2c(Br)cc3c(c21)OCCO3. The van der Waals surface area contributed by atoms with Crippen LogP contribution in [0.4, 0.5) is 0 Å². The second-order valence-electron chi connectivity index (χ2n) is 4.07. The average Bonchev–Trinajstić information content (AvgIpc) is 2.52. The zero-order valence-electron chi connectivity index (χ0n) is 9.17. The minimum absolute atomic E-state index is 0.180. The summed E-state index contributed by atoms with van der Waals surface area (Å²) in [5, 5.41) is -0.180. The number of alkyl halides is 1. The maximum atomic E-state index is 6.38. The van der Waals surface area contributed by atoms with Gasteiger partial charge in [-0.3, -0.25) is 0 Å². The van der Waals surface area contributed by atoms with E-state index in [1.54, 1.807) is 0 Å². The van der Waals surface area contributed by atoms with Crippen molar-refractivity contribution >= 4 is 27.5 Å². The van der Waals surface area contributed by atoms with Gasteiger partial charge in [0.25, 0.3) is 0 Å². The van der Waals surface area contributed by atoms with E-state index >= 15 is 0 Å². The first-order chi connectivity index (χ1) is 8.27. The van der Waals surface area contributed by atoms with Gasteiger partial charge in [0.1, 0.15) is 13.2 Å². The topological polar surface area (TPSA) is 27.7 Å². The molecule has 0 bridgehead atoms. The number of fused-ring (bicyclic) bond motifs is 3. The lowest BCUT2D eigenvalue weighted by Crippen LogP contribution is -2.18. The molecule has 1 aromatic carbocycles. The normalized spacial score (nSPS) is 22.8. The van der Waals surface area contributed by atoms with E-state index in [-0.39, 0.29) is 5.38 Å². The highest BCUT2D eigenvalue weighted by atomic mass is 79.9. The molecule has 0 radical (unpaired) electrons. The fraction of sp³-hybridized carbons (Fsp3) is 0.500. The molecule has 0 fully saturated rings. The largest absolute Gasteiger partial charge is 0.486 e. The maximum Gasteiger partial charge on any atom is 0.166 e. The van der Waals surface area contributed by atoms with E-state index < -0.39 is 0 Å². The van der Waals surface area contributed by atoms with Gasteiger partial charge in [0.05, 0.1) is 18.6 Å². The second-order valence-corrected chi connectivity index (χ2v) is 5.45. The highest BCUT2D eigenvalue weighted by Crippen LogP contribution is 2.45. The molecular weight excluding hydrogens is 307 g/mol. The van der Waals surface area contributed by atoms with Crippen molar-refractivity contribution in [3.05, 3.63) is 21.7 Å². The van der Waals surface area contributed by atoms with Crippen LogP contribution in [-0.2, 0) is 11.2 Å². The van der Waals surface area contributed by atoms with Gasteiger partial charge in [0.2, 0.25) is 0 Å². The molecule has 1 atom stereocenters. The minimum Gasteiger partial charge on any atom is -0.486 e. The summed E-state index contributed by atoms with van der Waals surface area (Å²) in [5.41, 5.74) is 2.19. The van der Waals surface area contributed by atoms with E-state index in [1.807, 2.05) is 6.07 Å². The van der Waals surface area contributed by atoms with Crippen LogP contribution in [0.15, 0.2) is 10.5 Å². The Morgan fingerprint density at radius 1 is 1.24 bits per heavy atom. The molecule has 3 rings (SSSR count). The number of halogens is 2. The van der Waals surface area contributed by atoms with Crippen LogP contribution in [0.3, 0.4) is 0 Å². The van der Waals surface area contributed by atoms with Gasteiger partial charge in [0.15, 0.2) is 11.5 Å². The van der Waals surface area contributed by atoms with Gasteiger partial charge in [-0.15, -0.1) is 11.6 Å². The first kappa shape index (κ1) is 11.6. The Bertz CT molecular complexity index is 450. The van der Waals surface area contributed by atoms with E-state index in [0.717, 1.165) is 28.0 Å². The number of hydrogen-bond acceptors (Lipinski definition) is 3. The zero-order valence-corrected chi connectivity index (χ0v) is 11.5. The molecule has 92 valence electrons. The van der Waals surface area contributed by atoms with Crippen molar-refractivity contribution in [3.8, 4) is 11.5 Å². The third-order valence-corrected chi connectivity index (χ3v) is 4.05. The third-order valence-electron chi connectivity index (χ3n) is 3.00. The van der Waals surface area contributed by atoms with Gasteiger partial charge in [-0.2, -0.15) is 0 Å². The van der Waals surface area contributed by atoms with Gasteiger partial charge in [-0.1, -0.05) is 15.9 Å². The predicted octanol–water partition coefficient (Wildman–Crippen LogP) is 3.07. The molecule has 5 heteroatoms. The van der Waals surface area contributed by atoms with Gasteiger partial charge in [0, 0.05) is 10.0 Å². The predicted molar refractivity (Wildman–Crippen MR) is 68.2 cm³/mol. The Hall–Kier alpha value is -0.450. The number of benzene rings is 1. The van der Waals surface area contributed by atoms with Crippen molar-refractivity contribution in [1.29, 1.82) is 0 Å². The van der Waals surface area contributed by atoms with E-state index in [9.17, 15) is 0 Å². The lowest BCUT2D eigenvalue weighted by atomic mass is 10.0. The van der Waals surface area contributed by atoms with Crippen molar-refractivity contribution in [1.82, 2.24) is 0 Å². The van der Waals surface area contributed by atoms with Gasteiger partial charge in [-0.05, 0) is 18.1 Å². The molecule has 1 aromatic rings. The molecule has 1 unspecified atom stereocenters. The van der Waals surface area contributed by atoms with Gasteiger partial charge in [-0.25, -0.2) is 0 Å². The standard InChI is InChI=1S/C12H12BrClO3/c13-8-5-10-12(17-4-3-16-10)11-7(8)1-2-15-6-9(11)14/h5,9H,1-4,6H2. The molecule has 17 heavy (non-hydrogen) atoms. The third kappa shape index (κ3) is 2.02. The summed E-state index contributed by atoms with van der Waals surface area (Å²) in [5.74, 6) is 1.56. The molecular formula is C12H12BrClO3. The van der Waals surface area contributed by atoms with E-state index in [0.29, 0.717) is 26.4 Å². The Morgan fingerprint density at radius 3 is 2.94 bits per heavy atom. The van der Waals surface area contributed by atoms with Gasteiger partial charge >= 0.3 is 0 Å². The average molecular weight is 320 g/mol. The van der Waals surface area contributed by atoms with Crippen molar-refractivity contribution in [3.63, 3.8) is 0 Å². The lowest BCUT2D eigenvalue weighted by molar-refractivity contribution is 0.142. The summed E-state index contributed by atoms with van der Waals surface area (Å²) in [7, 11) is 0. The highest BCUT2D eigenvalue weighted by molar-refractivity contribution is 9.10. The van der Waals surface area contributed by atoms with Crippen LogP contribution >= 0.6 is 27.5 Å². The summed E-state index contributed by atoms with van der Waals surface area (Å²) >= 11 is 9.95. The Morgan fingerprint density at radius 2 is 2.06 bits per heavy atom.